The molecule has 11 heteroatoms. The first-order chi connectivity index (χ1) is 18.3. The van der Waals surface area contributed by atoms with E-state index in [1.165, 1.54) is 18.3 Å². The highest BCUT2D eigenvalue weighted by molar-refractivity contribution is 6.30. The molecule has 2 atom stereocenters. The average Bonchev–Trinajstić information content (AvgIpc) is 3.53. The second-order valence-electron chi connectivity index (χ2n) is 9.52. The average molecular weight is 539 g/mol. The summed E-state index contributed by atoms with van der Waals surface area (Å²) >= 11 is 6.24. The molecule has 0 unspecified atom stereocenters. The standard InChI is InChI=1S/C27H22ClF3N6O/c28-19-10-17(13-33-14-19)24-25-21(11-20(12-32)34-24)35-26(36-8-9-38-23-3-1-2-22(23)36)37(25)15-16-4-6-18(7-5-16)27(29,30)31/h4-7,10-11,13-14,22-23H,1-3,8-9,15H2/t22-,23-/m1/s1. The lowest BCUT2D eigenvalue weighted by Crippen LogP contribution is -2.49. The first-order valence-corrected chi connectivity index (χ1v) is 12.7. The van der Waals surface area contributed by atoms with Crippen molar-refractivity contribution in [2.75, 3.05) is 18.1 Å². The minimum absolute atomic E-state index is 0.104. The Labute approximate surface area is 221 Å². The van der Waals surface area contributed by atoms with Crippen molar-refractivity contribution >= 4 is 28.6 Å². The Morgan fingerprint density at radius 3 is 2.66 bits per heavy atom. The summed E-state index contributed by atoms with van der Waals surface area (Å²) < 4.78 is 47.6. The smallest absolute Gasteiger partial charge is 0.374 e. The number of aromatic nitrogens is 4. The topological polar surface area (TPSA) is 79.9 Å². The molecule has 4 aromatic rings. The maximum atomic E-state index is 13.2. The molecule has 2 aliphatic rings. The Morgan fingerprint density at radius 1 is 1.11 bits per heavy atom. The van der Waals surface area contributed by atoms with Crippen LogP contribution in [0.15, 0.2) is 48.8 Å². The number of nitrogens with zero attached hydrogens (tertiary/aromatic N) is 6. The van der Waals surface area contributed by atoms with Gasteiger partial charge in [-0.25, -0.2) is 9.97 Å². The fraction of sp³-hybridized carbons (Fsp3) is 0.333. The summed E-state index contributed by atoms with van der Waals surface area (Å²) in [7, 11) is 0. The number of hydrogen-bond donors (Lipinski definition) is 0. The summed E-state index contributed by atoms with van der Waals surface area (Å²) in [6.07, 6.45) is 1.79. The Bertz CT molecular complexity index is 1550. The Balaban J connectivity index is 1.55. The predicted octanol–water partition coefficient (Wildman–Crippen LogP) is 5.84. The lowest BCUT2D eigenvalue weighted by atomic mass is 10.1. The van der Waals surface area contributed by atoms with Crippen molar-refractivity contribution in [1.82, 2.24) is 19.5 Å². The van der Waals surface area contributed by atoms with E-state index in [9.17, 15) is 18.4 Å². The van der Waals surface area contributed by atoms with Gasteiger partial charge in [0.25, 0.3) is 0 Å². The van der Waals surface area contributed by atoms with Crippen LogP contribution in [0, 0.1) is 11.3 Å². The van der Waals surface area contributed by atoms with Gasteiger partial charge in [-0.05, 0) is 43.0 Å². The number of alkyl halides is 3. The molecule has 194 valence electrons. The molecule has 1 saturated heterocycles. The van der Waals surface area contributed by atoms with Crippen LogP contribution in [0.3, 0.4) is 0 Å². The Kier molecular flexibility index (Phi) is 6.20. The highest BCUT2D eigenvalue weighted by Gasteiger charge is 2.38. The number of benzene rings is 1. The first-order valence-electron chi connectivity index (χ1n) is 12.3. The number of pyridine rings is 2. The van der Waals surface area contributed by atoms with Gasteiger partial charge in [0.1, 0.15) is 11.8 Å². The molecular weight excluding hydrogens is 517 g/mol. The molecule has 0 spiro atoms. The highest BCUT2D eigenvalue weighted by atomic mass is 35.5. The lowest BCUT2D eigenvalue weighted by Gasteiger charge is -2.38. The number of hydrogen-bond acceptors (Lipinski definition) is 6. The minimum Gasteiger partial charge on any atom is -0.374 e. The molecule has 1 aromatic carbocycles. The second kappa shape index (κ2) is 9.57. The van der Waals surface area contributed by atoms with Gasteiger partial charge >= 0.3 is 6.18 Å². The van der Waals surface area contributed by atoms with Crippen LogP contribution < -0.4 is 4.90 Å². The van der Waals surface area contributed by atoms with Crippen molar-refractivity contribution < 1.29 is 17.9 Å². The maximum absolute atomic E-state index is 13.2. The predicted molar refractivity (Wildman–Crippen MR) is 136 cm³/mol. The molecule has 3 aromatic heterocycles. The van der Waals surface area contributed by atoms with E-state index < -0.39 is 11.7 Å². The zero-order chi connectivity index (χ0) is 26.4. The number of rotatable bonds is 4. The molecule has 0 amide bonds. The van der Waals surface area contributed by atoms with Crippen LogP contribution in [0.2, 0.25) is 5.02 Å². The van der Waals surface area contributed by atoms with Gasteiger partial charge in [-0.2, -0.15) is 18.4 Å². The highest BCUT2D eigenvalue weighted by Crippen LogP contribution is 2.38. The number of ether oxygens (including phenoxy) is 1. The van der Waals surface area contributed by atoms with E-state index >= 15 is 0 Å². The molecule has 0 bridgehead atoms. The summed E-state index contributed by atoms with van der Waals surface area (Å²) in [6, 6.07) is 10.7. The molecule has 0 radical (unpaired) electrons. The van der Waals surface area contributed by atoms with Crippen LogP contribution in [-0.4, -0.2) is 44.8 Å². The van der Waals surface area contributed by atoms with Gasteiger partial charge in [0.2, 0.25) is 5.95 Å². The molecule has 38 heavy (non-hydrogen) atoms. The third kappa shape index (κ3) is 4.46. The van der Waals surface area contributed by atoms with E-state index in [2.05, 4.69) is 20.9 Å². The van der Waals surface area contributed by atoms with E-state index in [-0.39, 0.29) is 24.4 Å². The molecular formula is C27H22ClF3N6O. The summed E-state index contributed by atoms with van der Waals surface area (Å²) in [6.45, 7) is 1.44. The SMILES string of the molecule is N#Cc1cc2nc(N3CCO[C@@H]4CCC[C@H]43)n(Cc3ccc(C(F)(F)F)cc3)c2c(-c2cncc(Cl)c2)n1. The second-order valence-corrected chi connectivity index (χ2v) is 9.96. The van der Waals surface area contributed by atoms with Crippen LogP contribution in [0.4, 0.5) is 19.1 Å². The van der Waals surface area contributed by atoms with Gasteiger partial charge in [-0.15, -0.1) is 0 Å². The zero-order valence-corrected chi connectivity index (χ0v) is 20.9. The van der Waals surface area contributed by atoms with Crippen molar-refractivity contribution in [3.05, 3.63) is 70.6 Å². The van der Waals surface area contributed by atoms with Crippen LogP contribution in [0.1, 0.15) is 36.1 Å². The van der Waals surface area contributed by atoms with Gasteiger partial charge in [0.05, 0.1) is 52.6 Å². The zero-order valence-electron chi connectivity index (χ0n) is 20.1. The number of anilines is 1. The first kappa shape index (κ1) is 24.6. The van der Waals surface area contributed by atoms with Gasteiger partial charge in [0.15, 0.2) is 0 Å². The minimum atomic E-state index is -4.42. The van der Waals surface area contributed by atoms with E-state index in [1.807, 2.05) is 4.57 Å². The largest absolute Gasteiger partial charge is 0.416 e. The number of nitriles is 1. The van der Waals surface area contributed by atoms with Crippen molar-refractivity contribution in [3.8, 4) is 17.3 Å². The maximum Gasteiger partial charge on any atom is 0.416 e. The third-order valence-electron chi connectivity index (χ3n) is 7.16. The van der Waals surface area contributed by atoms with Gasteiger partial charge < -0.3 is 14.2 Å². The van der Waals surface area contributed by atoms with Crippen molar-refractivity contribution in [2.24, 2.45) is 0 Å². The van der Waals surface area contributed by atoms with Crippen LogP contribution in [0.5, 0.6) is 0 Å². The molecule has 4 heterocycles. The van der Waals surface area contributed by atoms with Crippen LogP contribution >= 0.6 is 11.6 Å². The number of imidazole rings is 1. The summed E-state index contributed by atoms with van der Waals surface area (Å²) in [5.41, 5.74) is 2.48. The van der Waals surface area contributed by atoms with E-state index in [1.54, 1.807) is 18.3 Å². The summed E-state index contributed by atoms with van der Waals surface area (Å²) in [5, 5.41) is 10.1. The molecule has 1 aliphatic carbocycles. The fourth-order valence-electron chi connectivity index (χ4n) is 5.47. The van der Waals surface area contributed by atoms with Crippen molar-refractivity contribution in [2.45, 2.75) is 44.1 Å². The summed E-state index contributed by atoms with van der Waals surface area (Å²) in [4.78, 5) is 16.0. The molecule has 7 nitrogen and oxygen atoms in total. The van der Waals surface area contributed by atoms with E-state index in [0.717, 1.165) is 31.4 Å². The van der Waals surface area contributed by atoms with Gasteiger partial charge in [-0.1, -0.05) is 23.7 Å². The van der Waals surface area contributed by atoms with Crippen molar-refractivity contribution in [3.63, 3.8) is 0 Å². The van der Waals surface area contributed by atoms with Crippen LogP contribution in [-0.2, 0) is 17.5 Å². The fourth-order valence-corrected chi connectivity index (χ4v) is 5.64. The van der Waals surface area contributed by atoms with E-state index in [0.29, 0.717) is 52.0 Å². The van der Waals surface area contributed by atoms with E-state index in [4.69, 9.17) is 21.3 Å². The summed E-state index contributed by atoms with van der Waals surface area (Å²) in [5.74, 6) is 0.674. The molecule has 1 aliphatic heterocycles. The molecule has 1 saturated carbocycles. The Hall–Kier alpha value is -3.68. The normalized spacial score (nSPS) is 19.5. The molecule has 0 N–H and O–H groups in total. The number of halogens is 4. The monoisotopic (exact) mass is 538 g/mol. The molecule has 6 rings (SSSR count). The molecule has 2 fully saturated rings. The van der Waals surface area contributed by atoms with Crippen LogP contribution in [0.25, 0.3) is 22.3 Å². The van der Waals surface area contributed by atoms with Gasteiger partial charge in [-0.3, -0.25) is 4.98 Å². The van der Waals surface area contributed by atoms with Crippen molar-refractivity contribution in [1.29, 1.82) is 5.26 Å². The quantitative estimate of drug-likeness (QED) is 0.324. The number of morpholine rings is 1. The Morgan fingerprint density at radius 2 is 1.92 bits per heavy atom. The van der Waals surface area contributed by atoms with Gasteiger partial charge in [0, 0.05) is 30.6 Å². The third-order valence-corrected chi connectivity index (χ3v) is 7.36. The number of fused-ring (bicyclic) bond motifs is 2. The lowest BCUT2D eigenvalue weighted by molar-refractivity contribution is -0.137.